The van der Waals surface area contributed by atoms with Crippen LogP contribution in [0.2, 0.25) is 0 Å². The molecule has 0 aliphatic carbocycles. The molecule has 3 heterocycles. The standard InChI is InChI=1S/C13H13NO3.C9H11NO2.CH4.2HI.V/c1-8-6-11(15)13(9(2)17-8)10-4-5-12(16-3)14-7-10;1-7(11)5-8-3-4-9(12-2)10-6-8;;;;/h4-7H,1-3H3;3-4,6H,5H2,1-2H3;1H4;2*1H;/q;;;;;+2/p-2. The quantitative estimate of drug-likeness (QED) is 0.302. The summed E-state index contributed by atoms with van der Waals surface area (Å²) in [4.78, 5) is 30.7. The van der Waals surface area contributed by atoms with Crippen LogP contribution in [-0.2, 0) is 20.7 Å². The van der Waals surface area contributed by atoms with Crippen molar-refractivity contribution < 1.29 is 28.2 Å². The first-order chi connectivity index (χ1) is 15.2. The Kier molecular flexibility index (Phi) is 16.3. The van der Waals surface area contributed by atoms with Gasteiger partial charge >= 0.3 is 49.4 Å². The van der Waals surface area contributed by atoms with E-state index in [1.54, 1.807) is 65.6 Å². The molecule has 0 aromatic carbocycles. The number of pyridine rings is 2. The van der Waals surface area contributed by atoms with E-state index in [4.69, 9.17) is 13.9 Å². The van der Waals surface area contributed by atoms with E-state index in [0.717, 1.165) is 11.1 Å². The molecular formula is C23H28I2N2O5V. The molecule has 3 rings (SSSR count). The van der Waals surface area contributed by atoms with Gasteiger partial charge in [-0.05, 0) is 32.4 Å². The molecule has 179 valence electrons. The molecule has 33 heavy (non-hydrogen) atoms. The monoisotopic (exact) mass is 717 g/mol. The van der Waals surface area contributed by atoms with Gasteiger partial charge in [-0.25, -0.2) is 9.97 Å². The predicted molar refractivity (Wildman–Crippen MR) is 144 cm³/mol. The minimum absolute atomic E-state index is 0. The van der Waals surface area contributed by atoms with E-state index in [9.17, 15) is 9.59 Å². The Bertz CT molecular complexity index is 1040. The SMILES string of the molecule is C.COc1ccc(-c2c(C)oc(C)cc2=O)cn1.COc1ccc(CC(C)=O)cn1.[I][V][I]. The maximum atomic E-state index is 11.9. The Balaban J connectivity index is 0.000000564. The van der Waals surface area contributed by atoms with Crippen LogP contribution in [-0.4, -0.2) is 30.0 Å². The third kappa shape index (κ3) is 11.5. The van der Waals surface area contributed by atoms with Crippen LogP contribution in [0.1, 0.15) is 31.4 Å². The summed E-state index contributed by atoms with van der Waals surface area (Å²) in [6.45, 7) is 5.09. The number of rotatable bonds is 5. The van der Waals surface area contributed by atoms with Gasteiger partial charge in [0, 0.05) is 42.6 Å². The fourth-order valence-electron chi connectivity index (χ4n) is 2.67. The van der Waals surface area contributed by atoms with Gasteiger partial charge in [0.25, 0.3) is 0 Å². The van der Waals surface area contributed by atoms with Crippen molar-refractivity contribution >= 4 is 45.7 Å². The van der Waals surface area contributed by atoms with Crippen molar-refractivity contribution in [3.8, 4) is 22.9 Å². The first-order valence-corrected chi connectivity index (χ1v) is 18.3. The number of carbonyl (C=O) groups excluding carboxylic acids is 1. The number of nitrogens with zero attached hydrogens (tertiary/aromatic N) is 2. The molecule has 10 heteroatoms. The fourth-order valence-corrected chi connectivity index (χ4v) is 2.67. The van der Waals surface area contributed by atoms with Crippen LogP contribution < -0.4 is 14.9 Å². The van der Waals surface area contributed by atoms with Gasteiger partial charge in [0.05, 0.1) is 19.8 Å². The molecular weight excluding hydrogens is 689 g/mol. The molecule has 7 nitrogen and oxygen atoms in total. The van der Waals surface area contributed by atoms with E-state index in [-0.39, 0.29) is 18.6 Å². The number of hydrogen-bond acceptors (Lipinski definition) is 7. The minimum atomic E-state index is -0.0572. The number of carbonyl (C=O) groups is 1. The van der Waals surface area contributed by atoms with E-state index in [2.05, 4.69) is 49.9 Å². The van der Waals surface area contributed by atoms with Gasteiger partial charge in [0.1, 0.15) is 17.3 Å². The second-order valence-electron chi connectivity index (χ2n) is 6.39. The Labute approximate surface area is 223 Å². The molecule has 0 aliphatic rings. The zero-order valence-electron chi connectivity index (χ0n) is 18.4. The van der Waals surface area contributed by atoms with Gasteiger partial charge in [-0.1, -0.05) is 13.5 Å². The number of halogens is 2. The normalized spacial score (nSPS) is 9.18. The van der Waals surface area contributed by atoms with E-state index < -0.39 is 0 Å². The van der Waals surface area contributed by atoms with Crippen molar-refractivity contribution in [1.29, 1.82) is 0 Å². The molecule has 3 aromatic rings. The molecule has 0 atom stereocenters. The number of Topliss-reactive ketones (excluding diaryl/α,β-unsaturated/α-hetero) is 1. The third-order valence-corrected chi connectivity index (χ3v) is 3.94. The fraction of sp³-hybridized carbons (Fsp3) is 0.304. The summed E-state index contributed by atoms with van der Waals surface area (Å²) in [7, 11) is 3.74. The summed E-state index contributed by atoms with van der Waals surface area (Å²) in [5.41, 5.74) is 2.14. The van der Waals surface area contributed by atoms with Crippen LogP contribution in [0.5, 0.6) is 11.8 Å². The molecule has 3 aromatic heterocycles. The summed E-state index contributed by atoms with van der Waals surface area (Å²) in [5, 5.41) is 0. The average Bonchev–Trinajstić information content (AvgIpc) is 2.75. The first kappa shape index (κ1) is 31.6. The summed E-state index contributed by atoms with van der Waals surface area (Å²) in [6.07, 6.45) is 3.70. The number of aryl methyl sites for hydroxylation is 2. The van der Waals surface area contributed by atoms with E-state index in [0.29, 0.717) is 44.7 Å². The van der Waals surface area contributed by atoms with Crippen molar-refractivity contribution in [2.75, 3.05) is 14.2 Å². The summed E-state index contributed by atoms with van der Waals surface area (Å²) in [5.74, 6) is 2.44. The van der Waals surface area contributed by atoms with Crippen LogP contribution in [0.4, 0.5) is 0 Å². The Morgan fingerprint density at radius 1 is 1.03 bits per heavy atom. The Hall–Kier alpha value is -1.44. The first-order valence-electron chi connectivity index (χ1n) is 9.28. The molecule has 0 saturated carbocycles. The number of ketones is 1. The van der Waals surface area contributed by atoms with Crippen molar-refractivity contribution in [2.24, 2.45) is 0 Å². The molecule has 0 saturated heterocycles. The number of aromatic nitrogens is 2. The van der Waals surface area contributed by atoms with Gasteiger partial charge in [0.2, 0.25) is 11.8 Å². The molecule has 0 radical (unpaired) electrons. The van der Waals surface area contributed by atoms with E-state index in [1.165, 1.54) is 6.07 Å². The molecule has 0 fully saturated rings. The van der Waals surface area contributed by atoms with Crippen molar-refractivity contribution in [2.45, 2.75) is 34.6 Å². The number of ether oxygens (including phenoxy) is 2. The third-order valence-electron chi connectivity index (χ3n) is 3.94. The van der Waals surface area contributed by atoms with Gasteiger partial charge in [-0.2, -0.15) is 0 Å². The number of methoxy groups -OCH3 is 2. The Morgan fingerprint density at radius 2 is 1.58 bits per heavy atom. The van der Waals surface area contributed by atoms with E-state index in [1.807, 2.05) is 6.07 Å². The van der Waals surface area contributed by atoms with Crippen LogP contribution in [0, 0.1) is 13.8 Å². The van der Waals surface area contributed by atoms with Gasteiger partial charge in [-0.15, -0.1) is 0 Å². The molecule has 0 bridgehead atoms. The zero-order chi connectivity index (χ0) is 24.1. The van der Waals surface area contributed by atoms with Gasteiger partial charge < -0.3 is 13.9 Å². The molecule has 0 unspecified atom stereocenters. The van der Waals surface area contributed by atoms with Crippen molar-refractivity contribution in [1.82, 2.24) is 9.97 Å². The number of hydrogen-bond donors (Lipinski definition) is 0. The van der Waals surface area contributed by atoms with Gasteiger partial charge in [0.15, 0.2) is 5.43 Å². The predicted octanol–water partition coefficient (Wildman–Crippen LogP) is 5.95. The second kappa shape index (κ2) is 17.1. The van der Waals surface area contributed by atoms with Crippen molar-refractivity contribution in [3.63, 3.8) is 0 Å². The maximum absolute atomic E-state index is 11.9. The molecule has 0 amide bonds. The van der Waals surface area contributed by atoms with Crippen LogP contribution in [0.15, 0.2) is 51.9 Å². The van der Waals surface area contributed by atoms with Gasteiger partial charge in [-0.3, -0.25) is 9.59 Å². The summed E-state index contributed by atoms with van der Waals surface area (Å²) < 4.78 is 15.3. The van der Waals surface area contributed by atoms with E-state index >= 15 is 0 Å². The molecule has 0 N–H and O–H groups in total. The zero-order valence-corrected chi connectivity index (χ0v) is 24.1. The summed E-state index contributed by atoms with van der Waals surface area (Å²) >= 11 is 4.74. The molecule has 0 spiro atoms. The average molecular weight is 717 g/mol. The Morgan fingerprint density at radius 3 is 1.97 bits per heavy atom. The topological polar surface area (TPSA) is 91.5 Å². The molecule has 0 aliphatic heterocycles. The van der Waals surface area contributed by atoms with Crippen LogP contribution >= 0.6 is 40.0 Å². The summed E-state index contributed by atoms with van der Waals surface area (Å²) in [6, 6.07) is 8.58. The van der Waals surface area contributed by atoms with Crippen LogP contribution in [0.3, 0.4) is 0 Å². The van der Waals surface area contributed by atoms with Crippen molar-refractivity contribution in [3.05, 3.63) is 70.0 Å². The second-order valence-corrected chi connectivity index (χ2v) is 18.2. The van der Waals surface area contributed by atoms with Crippen LogP contribution in [0.25, 0.3) is 11.1 Å².